The van der Waals surface area contributed by atoms with Crippen LogP contribution in [0.2, 0.25) is 10.0 Å². The van der Waals surface area contributed by atoms with E-state index in [1.54, 1.807) is 25.1 Å². The molecule has 0 unspecified atom stereocenters. The molecule has 3 aromatic heterocycles. The zero-order chi connectivity index (χ0) is 19.7. The number of esters is 1. The molecule has 3 heterocycles. The first kappa shape index (κ1) is 18.8. The van der Waals surface area contributed by atoms with Crippen molar-refractivity contribution < 1.29 is 14.1 Å². The van der Waals surface area contributed by atoms with E-state index in [0.29, 0.717) is 21.4 Å². The maximum Gasteiger partial charge on any atom is 0.344 e. The molecule has 1 aromatic carbocycles. The second-order valence-corrected chi connectivity index (χ2v) is 7.77. The van der Waals surface area contributed by atoms with Gasteiger partial charge in [0.25, 0.3) is 0 Å². The van der Waals surface area contributed by atoms with Gasteiger partial charge in [-0.1, -0.05) is 34.4 Å². The van der Waals surface area contributed by atoms with Crippen LogP contribution in [0.25, 0.3) is 16.9 Å². The third-order valence-corrected chi connectivity index (χ3v) is 5.72. The Morgan fingerprint density at radius 2 is 1.89 bits per heavy atom. The molecule has 0 atom stereocenters. The van der Waals surface area contributed by atoms with E-state index < -0.39 is 5.97 Å². The molecule has 0 aliphatic carbocycles. The quantitative estimate of drug-likeness (QED) is 0.354. The lowest BCUT2D eigenvalue weighted by atomic mass is 10.1. The number of aromatic nitrogens is 2. The van der Waals surface area contributed by atoms with Crippen molar-refractivity contribution in [3.05, 3.63) is 80.4 Å². The van der Waals surface area contributed by atoms with E-state index in [1.165, 1.54) is 11.3 Å². The molecule has 0 radical (unpaired) electrons. The zero-order valence-electron chi connectivity index (χ0n) is 14.7. The summed E-state index contributed by atoms with van der Waals surface area (Å²) >= 11 is 14.1. The van der Waals surface area contributed by atoms with Crippen molar-refractivity contribution >= 4 is 40.5 Å². The van der Waals surface area contributed by atoms with Crippen LogP contribution in [0.3, 0.4) is 0 Å². The third kappa shape index (κ3) is 3.46. The largest absolute Gasteiger partial charge is 0.456 e. The van der Waals surface area contributed by atoms with Crippen molar-refractivity contribution in [2.24, 2.45) is 0 Å². The van der Waals surface area contributed by atoms with Crippen LogP contribution in [0.5, 0.6) is 0 Å². The number of carbonyl (C=O) groups excluding carboxylic acids is 1. The molecule has 4 rings (SSSR count). The number of benzene rings is 1. The maximum absolute atomic E-state index is 12.8. The Bertz CT molecular complexity index is 1110. The molecule has 0 aliphatic rings. The van der Waals surface area contributed by atoms with Gasteiger partial charge in [-0.3, -0.25) is 0 Å². The lowest BCUT2D eigenvalue weighted by Gasteiger charge is -2.08. The second kappa shape index (κ2) is 7.83. The van der Waals surface area contributed by atoms with Gasteiger partial charge in [0.2, 0.25) is 0 Å². The van der Waals surface area contributed by atoms with Gasteiger partial charge in [0.1, 0.15) is 23.6 Å². The number of carbonyl (C=O) groups is 1. The Labute approximate surface area is 175 Å². The number of rotatable bonds is 5. The molecule has 0 fully saturated rings. The first-order valence-electron chi connectivity index (χ1n) is 8.33. The molecular formula is C20H14Cl2N2O3S. The fraction of sp³-hybridized carbons (Fsp3) is 0.100. The SMILES string of the molecule is Cc1onc(-c2c(Cl)cccc2Cl)c1C(=O)OCc1sccc1-n1cccc1. The Morgan fingerprint density at radius 3 is 2.61 bits per heavy atom. The lowest BCUT2D eigenvalue weighted by molar-refractivity contribution is 0.0475. The topological polar surface area (TPSA) is 57.3 Å². The van der Waals surface area contributed by atoms with Gasteiger partial charge in [-0.2, -0.15) is 0 Å². The maximum atomic E-state index is 12.8. The lowest BCUT2D eigenvalue weighted by Crippen LogP contribution is -2.08. The van der Waals surface area contributed by atoms with Crippen LogP contribution >= 0.6 is 34.5 Å². The van der Waals surface area contributed by atoms with E-state index in [9.17, 15) is 4.79 Å². The van der Waals surface area contributed by atoms with Gasteiger partial charge in [0.15, 0.2) is 0 Å². The molecular weight excluding hydrogens is 419 g/mol. The van der Waals surface area contributed by atoms with Gasteiger partial charge in [-0.15, -0.1) is 11.3 Å². The summed E-state index contributed by atoms with van der Waals surface area (Å²) < 4.78 is 12.8. The molecule has 28 heavy (non-hydrogen) atoms. The number of hydrogen-bond acceptors (Lipinski definition) is 5. The average Bonchev–Trinajstić information content (AvgIpc) is 3.40. The van der Waals surface area contributed by atoms with Crippen molar-refractivity contribution in [2.75, 3.05) is 0 Å². The molecule has 0 bridgehead atoms. The second-order valence-electron chi connectivity index (χ2n) is 5.95. The first-order valence-corrected chi connectivity index (χ1v) is 9.97. The summed E-state index contributed by atoms with van der Waals surface area (Å²) in [5, 5.41) is 6.70. The number of hydrogen-bond donors (Lipinski definition) is 0. The average molecular weight is 433 g/mol. The van der Waals surface area contributed by atoms with Crippen molar-refractivity contribution in [3.8, 4) is 16.9 Å². The Morgan fingerprint density at radius 1 is 1.18 bits per heavy atom. The van der Waals surface area contributed by atoms with Crippen LogP contribution in [0.1, 0.15) is 21.0 Å². The number of thiophene rings is 1. The summed E-state index contributed by atoms with van der Waals surface area (Å²) in [6.07, 6.45) is 3.88. The monoisotopic (exact) mass is 432 g/mol. The molecule has 0 aliphatic heterocycles. The number of nitrogens with zero attached hydrogens (tertiary/aromatic N) is 2. The van der Waals surface area contributed by atoms with E-state index in [2.05, 4.69) is 5.16 Å². The first-order chi connectivity index (χ1) is 13.6. The molecule has 0 saturated heterocycles. The Balaban J connectivity index is 1.61. The van der Waals surface area contributed by atoms with Crippen LogP contribution < -0.4 is 0 Å². The fourth-order valence-corrected chi connectivity index (χ4v) is 4.24. The van der Waals surface area contributed by atoms with Gasteiger partial charge >= 0.3 is 5.97 Å². The van der Waals surface area contributed by atoms with Crippen LogP contribution in [0.15, 0.2) is 58.7 Å². The molecule has 0 amide bonds. The predicted molar refractivity (Wildman–Crippen MR) is 109 cm³/mol. The van der Waals surface area contributed by atoms with Gasteiger partial charge in [-0.05, 0) is 42.6 Å². The van der Waals surface area contributed by atoms with E-state index in [4.69, 9.17) is 32.5 Å². The summed E-state index contributed by atoms with van der Waals surface area (Å²) in [5.74, 6) is -0.204. The highest BCUT2D eigenvalue weighted by Crippen LogP contribution is 2.37. The summed E-state index contributed by atoms with van der Waals surface area (Å²) in [6, 6.07) is 10.9. The van der Waals surface area contributed by atoms with Crippen LogP contribution in [-0.2, 0) is 11.3 Å². The van der Waals surface area contributed by atoms with E-state index >= 15 is 0 Å². The highest BCUT2D eigenvalue weighted by molar-refractivity contribution is 7.10. The zero-order valence-corrected chi connectivity index (χ0v) is 17.0. The Hall–Kier alpha value is -2.54. The molecule has 0 spiro atoms. The van der Waals surface area contributed by atoms with Gasteiger partial charge in [0.05, 0.1) is 20.6 Å². The summed E-state index contributed by atoms with van der Waals surface area (Å²) in [7, 11) is 0. The standard InChI is InChI=1S/C20H14Cl2N2O3S/c1-12-17(19(23-27-12)18-13(21)5-4-6-14(18)22)20(25)26-11-16-15(7-10-28-16)24-8-2-3-9-24/h2-10H,11H2,1H3. The molecule has 0 N–H and O–H groups in total. The van der Waals surface area contributed by atoms with E-state index in [1.807, 2.05) is 40.5 Å². The number of ether oxygens (including phenoxy) is 1. The smallest absolute Gasteiger partial charge is 0.344 e. The van der Waals surface area contributed by atoms with Crippen molar-refractivity contribution in [3.63, 3.8) is 0 Å². The Kier molecular flexibility index (Phi) is 5.26. The fourth-order valence-electron chi connectivity index (χ4n) is 2.88. The molecule has 142 valence electrons. The highest BCUT2D eigenvalue weighted by Gasteiger charge is 2.26. The molecule has 4 aromatic rings. The van der Waals surface area contributed by atoms with Crippen molar-refractivity contribution in [1.29, 1.82) is 0 Å². The van der Waals surface area contributed by atoms with Crippen LogP contribution in [-0.4, -0.2) is 15.7 Å². The highest BCUT2D eigenvalue weighted by atomic mass is 35.5. The van der Waals surface area contributed by atoms with Gasteiger partial charge in [0, 0.05) is 18.0 Å². The minimum Gasteiger partial charge on any atom is -0.456 e. The molecule has 0 saturated carbocycles. The third-order valence-electron chi connectivity index (χ3n) is 4.21. The van der Waals surface area contributed by atoms with Crippen molar-refractivity contribution in [2.45, 2.75) is 13.5 Å². The van der Waals surface area contributed by atoms with Crippen LogP contribution in [0.4, 0.5) is 0 Å². The summed E-state index contributed by atoms with van der Waals surface area (Å²) in [5.41, 5.74) is 1.90. The normalized spacial score (nSPS) is 11.0. The van der Waals surface area contributed by atoms with Gasteiger partial charge < -0.3 is 13.8 Å². The van der Waals surface area contributed by atoms with Crippen LogP contribution in [0, 0.1) is 6.92 Å². The predicted octanol–water partition coefficient (Wildman–Crippen LogP) is 6.17. The summed E-state index contributed by atoms with van der Waals surface area (Å²) in [6.45, 7) is 1.78. The van der Waals surface area contributed by atoms with E-state index in [-0.39, 0.29) is 17.9 Å². The van der Waals surface area contributed by atoms with E-state index in [0.717, 1.165) is 10.6 Å². The minimum absolute atomic E-state index is 0.129. The minimum atomic E-state index is -0.545. The molecule has 5 nitrogen and oxygen atoms in total. The number of halogens is 2. The van der Waals surface area contributed by atoms with Gasteiger partial charge in [-0.25, -0.2) is 4.79 Å². The molecule has 8 heteroatoms. The number of aryl methyl sites for hydroxylation is 1. The summed E-state index contributed by atoms with van der Waals surface area (Å²) in [4.78, 5) is 13.8. The van der Waals surface area contributed by atoms with Crippen molar-refractivity contribution in [1.82, 2.24) is 9.72 Å².